The fraction of sp³-hybridized carbons (Fsp3) is 0.233. The van der Waals surface area contributed by atoms with E-state index in [1.807, 2.05) is 12.1 Å². The van der Waals surface area contributed by atoms with Gasteiger partial charge < -0.3 is 25.0 Å². The third-order valence-corrected chi connectivity index (χ3v) is 5.63. The summed E-state index contributed by atoms with van der Waals surface area (Å²) < 4.78 is 9.98. The molecule has 208 valence electrons. The number of aromatic hydroxyl groups is 2. The van der Waals surface area contributed by atoms with Crippen LogP contribution in [0.4, 0.5) is 16.2 Å². The largest absolute Gasteiger partial charge is 0.507 e. The number of carbonyl (C=O) groups is 3. The second-order valence-electron chi connectivity index (χ2n) is 8.86. The monoisotopic (exact) mass is 545 g/mol. The molecular formula is C30H31N3O7. The third kappa shape index (κ3) is 9.09. The maximum absolute atomic E-state index is 12.7. The number of phenolic OH excluding ortho intramolecular Hbond substituents is 2. The number of esters is 1. The Bertz CT molecular complexity index is 1370. The molecule has 0 bridgehead atoms. The van der Waals surface area contributed by atoms with Crippen LogP contribution in [0.3, 0.4) is 0 Å². The zero-order valence-corrected chi connectivity index (χ0v) is 22.1. The number of alkyl carbamates (subject to hydrolysis) is 1. The molecule has 3 rings (SSSR count). The number of unbranched alkanes of at least 4 members (excludes halogenated alkanes) is 1. The standard InChI is InChI=1S/C30H31N3O7/c1-20(2)29(37)39-17-15-31-30(38)40-16-7-6-8-21-11-13-23(14-12-21)32-33-25-18-24(26(34)19-27(25)35)28(36)22-9-4-3-5-10-22/h3-5,9-14,18-19,34-35H,1,6-8,15-17H2,2H3,(H,31,38)/b33-32+. The van der Waals surface area contributed by atoms with Gasteiger partial charge in [0.05, 0.1) is 24.4 Å². The Morgan fingerprint density at radius 3 is 2.30 bits per heavy atom. The second-order valence-corrected chi connectivity index (χ2v) is 8.86. The van der Waals surface area contributed by atoms with E-state index in [2.05, 4.69) is 22.1 Å². The van der Waals surface area contributed by atoms with E-state index in [0.29, 0.717) is 23.2 Å². The molecule has 0 radical (unpaired) electrons. The summed E-state index contributed by atoms with van der Waals surface area (Å²) in [5.41, 5.74) is 2.36. The van der Waals surface area contributed by atoms with Gasteiger partial charge in [-0.15, -0.1) is 5.11 Å². The lowest BCUT2D eigenvalue weighted by Gasteiger charge is -2.08. The number of nitrogens with one attached hydrogen (secondary N) is 1. The smallest absolute Gasteiger partial charge is 0.407 e. The zero-order chi connectivity index (χ0) is 28.9. The van der Waals surface area contributed by atoms with Gasteiger partial charge in [-0.3, -0.25) is 4.79 Å². The van der Waals surface area contributed by atoms with Crippen LogP contribution >= 0.6 is 0 Å². The predicted molar refractivity (Wildman–Crippen MR) is 148 cm³/mol. The number of ketones is 1. The summed E-state index contributed by atoms with van der Waals surface area (Å²) in [6.45, 7) is 5.47. The minimum Gasteiger partial charge on any atom is -0.507 e. The van der Waals surface area contributed by atoms with Crippen LogP contribution < -0.4 is 5.32 Å². The number of amides is 1. The molecule has 3 N–H and O–H groups in total. The fourth-order valence-electron chi connectivity index (χ4n) is 3.48. The Hall–Kier alpha value is -4.99. The molecule has 3 aromatic carbocycles. The first-order chi connectivity index (χ1) is 19.2. The number of nitrogens with zero attached hydrogens (tertiary/aromatic N) is 2. The van der Waals surface area contributed by atoms with Crippen molar-refractivity contribution in [1.29, 1.82) is 0 Å². The van der Waals surface area contributed by atoms with E-state index in [0.717, 1.165) is 24.5 Å². The highest BCUT2D eigenvalue weighted by molar-refractivity contribution is 6.11. The van der Waals surface area contributed by atoms with Crippen LogP contribution in [0.1, 0.15) is 41.3 Å². The van der Waals surface area contributed by atoms with Crippen LogP contribution in [0.25, 0.3) is 0 Å². The normalized spacial score (nSPS) is 10.7. The van der Waals surface area contributed by atoms with Crippen molar-refractivity contribution in [1.82, 2.24) is 5.32 Å². The van der Waals surface area contributed by atoms with Gasteiger partial charge in [-0.05, 0) is 49.9 Å². The van der Waals surface area contributed by atoms with Crippen molar-refractivity contribution in [2.45, 2.75) is 26.2 Å². The Balaban J connectivity index is 1.43. The second kappa shape index (κ2) is 14.8. The van der Waals surface area contributed by atoms with E-state index in [9.17, 15) is 24.6 Å². The van der Waals surface area contributed by atoms with Crippen molar-refractivity contribution in [2.24, 2.45) is 10.2 Å². The molecule has 0 atom stereocenters. The molecule has 0 saturated carbocycles. The molecule has 0 heterocycles. The molecule has 0 aliphatic heterocycles. The highest BCUT2D eigenvalue weighted by Crippen LogP contribution is 2.35. The predicted octanol–water partition coefficient (Wildman–Crippen LogP) is 5.91. The number of carbonyl (C=O) groups excluding carboxylic acids is 3. The van der Waals surface area contributed by atoms with Gasteiger partial charge in [0.1, 0.15) is 23.8 Å². The quantitative estimate of drug-likeness (QED) is 0.0795. The Kier molecular flexibility index (Phi) is 11.0. The first kappa shape index (κ1) is 29.6. The summed E-state index contributed by atoms with van der Waals surface area (Å²) >= 11 is 0. The number of azo groups is 1. The maximum Gasteiger partial charge on any atom is 0.407 e. The molecule has 0 aliphatic carbocycles. The highest BCUT2D eigenvalue weighted by Gasteiger charge is 2.17. The Morgan fingerprint density at radius 2 is 1.60 bits per heavy atom. The highest BCUT2D eigenvalue weighted by atomic mass is 16.6. The van der Waals surface area contributed by atoms with Crippen molar-refractivity contribution >= 4 is 29.2 Å². The van der Waals surface area contributed by atoms with E-state index < -0.39 is 17.8 Å². The lowest BCUT2D eigenvalue weighted by atomic mass is 10.0. The fourth-order valence-corrected chi connectivity index (χ4v) is 3.48. The summed E-state index contributed by atoms with van der Waals surface area (Å²) in [6.07, 6.45) is 1.66. The van der Waals surface area contributed by atoms with E-state index in [1.54, 1.807) is 49.4 Å². The zero-order valence-electron chi connectivity index (χ0n) is 22.1. The summed E-state index contributed by atoms with van der Waals surface area (Å²) in [5.74, 6) is -1.55. The topological polar surface area (TPSA) is 147 Å². The SMILES string of the molecule is C=C(C)C(=O)OCCNC(=O)OCCCCc1ccc(/N=N/c2cc(C(=O)c3ccccc3)c(O)cc2O)cc1. The first-order valence-corrected chi connectivity index (χ1v) is 12.6. The van der Waals surface area contributed by atoms with Crippen molar-refractivity contribution in [2.75, 3.05) is 19.8 Å². The van der Waals surface area contributed by atoms with E-state index in [4.69, 9.17) is 9.47 Å². The van der Waals surface area contributed by atoms with Crippen molar-refractivity contribution in [3.05, 3.63) is 95.6 Å². The number of benzene rings is 3. The summed E-state index contributed by atoms with van der Waals surface area (Å²) in [7, 11) is 0. The average Bonchev–Trinajstić information content (AvgIpc) is 2.95. The van der Waals surface area contributed by atoms with Gasteiger partial charge in [0.15, 0.2) is 5.78 Å². The number of hydrogen-bond acceptors (Lipinski definition) is 9. The summed E-state index contributed by atoms with van der Waals surface area (Å²) in [6, 6.07) is 18.2. The molecule has 0 aliphatic rings. The molecule has 0 spiro atoms. The lowest BCUT2D eigenvalue weighted by Crippen LogP contribution is -2.29. The van der Waals surface area contributed by atoms with Gasteiger partial charge in [-0.25, -0.2) is 9.59 Å². The van der Waals surface area contributed by atoms with E-state index in [-0.39, 0.29) is 42.5 Å². The van der Waals surface area contributed by atoms with Gasteiger partial charge in [-0.2, -0.15) is 5.11 Å². The minimum absolute atomic E-state index is 0.0128. The van der Waals surface area contributed by atoms with E-state index in [1.165, 1.54) is 6.07 Å². The minimum atomic E-state index is -0.572. The third-order valence-electron chi connectivity index (χ3n) is 5.63. The van der Waals surface area contributed by atoms with Gasteiger partial charge >= 0.3 is 12.1 Å². The van der Waals surface area contributed by atoms with Crippen molar-refractivity contribution in [3.63, 3.8) is 0 Å². The van der Waals surface area contributed by atoms with Crippen LogP contribution in [0.15, 0.2) is 89.1 Å². The molecule has 0 saturated heterocycles. The van der Waals surface area contributed by atoms with Gasteiger partial charge in [0, 0.05) is 17.2 Å². The Morgan fingerprint density at radius 1 is 0.875 bits per heavy atom. The van der Waals surface area contributed by atoms with Crippen molar-refractivity contribution < 1.29 is 34.1 Å². The average molecular weight is 546 g/mol. The molecule has 0 aromatic heterocycles. The van der Waals surface area contributed by atoms with Crippen LogP contribution in [0.5, 0.6) is 11.5 Å². The number of ether oxygens (including phenoxy) is 2. The first-order valence-electron chi connectivity index (χ1n) is 12.6. The molecule has 3 aromatic rings. The molecular weight excluding hydrogens is 514 g/mol. The molecule has 1 amide bonds. The number of aryl methyl sites for hydroxylation is 1. The van der Waals surface area contributed by atoms with E-state index >= 15 is 0 Å². The van der Waals surface area contributed by atoms with Gasteiger partial charge in [0.25, 0.3) is 0 Å². The molecule has 40 heavy (non-hydrogen) atoms. The number of rotatable bonds is 13. The summed E-state index contributed by atoms with van der Waals surface area (Å²) in [5, 5.41) is 31.0. The van der Waals surface area contributed by atoms with Gasteiger partial charge in [-0.1, -0.05) is 49.0 Å². The van der Waals surface area contributed by atoms with Crippen LogP contribution in [0, 0.1) is 0 Å². The number of phenols is 2. The molecule has 0 fully saturated rings. The summed E-state index contributed by atoms with van der Waals surface area (Å²) in [4.78, 5) is 35.6. The molecule has 10 heteroatoms. The van der Waals surface area contributed by atoms with Crippen molar-refractivity contribution in [3.8, 4) is 11.5 Å². The lowest BCUT2D eigenvalue weighted by molar-refractivity contribution is -0.138. The molecule has 10 nitrogen and oxygen atoms in total. The van der Waals surface area contributed by atoms with Crippen LogP contribution in [0.2, 0.25) is 0 Å². The number of hydrogen-bond donors (Lipinski definition) is 3. The molecule has 0 unspecified atom stereocenters. The van der Waals surface area contributed by atoms with Gasteiger partial charge in [0.2, 0.25) is 0 Å². The maximum atomic E-state index is 12.7. The van der Waals surface area contributed by atoms with Crippen LogP contribution in [-0.4, -0.2) is 47.8 Å². The Labute approximate surface area is 232 Å². The van der Waals surface area contributed by atoms with Crippen LogP contribution in [-0.2, 0) is 20.7 Å².